The fourth-order valence-electron chi connectivity index (χ4n) is 2.81. The monoisotopic (exact) mass is 290 g/mol. The molecule has 5 nitrogen and oxygen atoms in total. The molecule has 1 fully saturated rings. The minimum absolute atomic E-state index is 0.0999. The third-order valence-corrected chi connectivity index (χ3v) is 4.25. The van der Waals surface area contributed by atoms with Gasteiger partial charge in [0.25, 0.3) is 0 Å². The zero-order valence-corrected chi connectivity index (χ0v) is 13.2. The Hall–Kier alpha value is -1.59. The van der Waals surface area contributed by atoms with Crippen molar-refractivity contribution in [1.82, 2.24) is 9.80 Å². The molecule has 1 unspecified atom stereocenters. The molecule has 1 aliphatic heterocycles. The highest BCUT2D eigenvalue weighted by atomic mass is 16.2. The summed E-state index contributed by atoms with van der Waals surface area (Å²) in [6.45, 7) is 2.54. The number of hydrogen-bond donors (Lipinski definition) is 1. The largest absolute Gasteiger partial charge is 0.399 e. The number of carbonyl (C=O) groups is 1. The van der Waals surface area contributed by atoms with Crippen molar-refractivity contribution in [2.45, 2.75) is 18.9 Å². The molecule has 0 bridgehead atoms. The van der Waals surface area contributed by atoms with Gasteiger partial charge in [0.15, 0.2) is 0 Å². The van der Waals surface area contributed by atoms with Crippen molar-refractivity contribution in [3.8, 4) is 0 Å². The second-order valence-corrected chi connectivity index (χ2v) is 6.02. The van der Waals surface area contributed by atoms with E-state index in [2.05, 4.69) is 16.8 Å². The van der Waals surface area contributed by atoms with Crippen LogP contribution in [0.1, 0.15) is 12.8 Å². The molecular weight excluding hydrogens is 264 g/mol. The first-order valence-electron chi connectivity index (χ1n) is 7.48. The Labute approximate surface area is 127 Å². The number of benzene rings is 1. The van der Waals surface area contributed by atoms with Crippen LogP contribution in [0.3, 0.4) is 0 Å². The number of carbonyl (C=O) groups excluding carboxylic acids is 1. The van der Waals surface area contributed by atoms with E-state index in [1.54, 1.807) is 4.90 Å². The molecule has 0 saturated carbocycles. The van der Waals surface area contributed by atoms with Gasteiger partial charge in [-0.15, -0.1) is 0 Å². The highest BCUT2D eigenvalue weighted by molar-refractivity contribution is 5.94. The van der Waals surface area contributed by atoms with Crippen LogP contribution in [-0.4, -0.2) is 62.5 Å². The Kier molecular flexibility index (Phi) is 5.20. The normalized spacial score (nSPS) is 19.1. The Morgan fingerprint density at radius 3 is 2.57 bits per heavy atom. The minimum Gasteiger partial charge on any atom is -0.399 e. The van der Waals surface area contributed by atoms with E-state index in [1.165, 1.54) is 12.8 Å². The lowest BCUT2D eigenvalue weighted by Gasteiger charge is -2.27. The highest BCUT2D eigenvalue weighted by Crippen LogP contribution is 2.17. The van der Waals surface area contributed by atoms with Gasteiger partial charge in [0.2, 0.25) is 5.91 Å². The molecule has 0 aliphatic carbocycles. The molecule has 2 rings (SSSR count). The lowest BCUT2D eigenvalue weighted by atomic mass is 10.2. The van der Waals surface area contributed by atoms with Gasteiger partial charge in [-0.2, -0.15) is 0 Å². The molecule has 1 aliphatic rings. The quantitative estimate of drug-likeness (QED) is 0.830. The van der Waals surface area contributed by atoms with E-state index in [1.807, 2.05) is 38.4 Å². The molecule has 2 N–H and O–H groups in total. The number of amides is 1. The minimum atomic E-state index is 0.0999. The molecule has 5 heteroatoms. The number of anilines is 2. The van der Waals surface area contributed by atoms with E-state index < -0.39 is 0 Å². The molecule has 1 amide bonds. The topological polar surface area (TPSA) is 52.8 Å². The van der Waals surface area contributed by atoms with E-state index in [0.29, 0.717) is 18.3 Å². The molecule has 1 aromatic carbocycles. The predicted molar refractivity (Wildman–Crippen MR) is 87.4 cm³/mol. The molecule has 1 atom stereocenters. The van der Waals surface area contributed by atoms with Crippen molar-refractivity contribution in [2.75, 3.05) is 51.4 Å². The Morgan fingerprint density at radius 2 is 2.00 bits per heavy atom. The summed E-state index contributed by atoms with van der Waals surface area (Å²) in [5, 5.41) is 0. The summed E-state index contributed by atoms with van der Waals surface area (Å²) in [6, 6.07) is 7.95. The van der Waals surface area contributed by atoms with Gasteiger partial charge < -0.3 is 15.5 Å². The SMILES string of the molecule is CN(CC(=O)N(C)c1ccc(N)cc1)CC1CCCN1C. The summed E-state index contributed by atoms with van der Waals surface area (Å²) in [4.78, 5) is 18.5. The Morgan fingerprint density at radius 1 is 1.33 bits per heavy atom. The second kappa shape index (κ2) is 6.91. The van der Waals surface area contributed by atoms with E-state index in [-0.39, 0.29) is 5.91 Å². The molecule has 1 heterocycles. The van der Waals surface area contributed by atoms with Gasteiger partial charge in [0, 0.05) is 31.0 Å². The maximum absolute atomic E-state index is 12.3. The molecule has 0 spiro atoms. The van der Waals surface area contributed by atoms with Crippen LogP contribution in [0.4, 0.5) is 11.4 Å². The number of hydrogen-bond acceptors (Lipinski definition) is 4. The van der Waals surface area contributed by atoms with Crippen LogP contribution in [0, 0.1) is 0 Å². The third-order valence-electron chi connectivity index (χ3n) is 4.25. The number of likely N-dealkylation sites (N-methyl/N-ethyl adjacent to an activating group) is 3. The van der Waals surface area contributed by atoms with Gasteiger partial charge in [0.1, 0.15) is 0 Å². The summed E-state index contributed by atoms with van der Waals surface area (Å²) in [7, 11) is 5.98. The molecule has 1 saturated heterocycles. The number of rotatable bonds is 5. The first kappa shape index (κ1) is 15.8. The molecule has 21 heavy (non-hydrogen) atoms. The van der Waals surface area contributed by atoms with Crippen LogP contribution >= 0.6 is 0 Å². The van der Waals surface area contributed by atoms with Crippen LogP contribution in [0.2, 0.25) is 0 Å². The van der Waals surface area contributed by atoms with E-state index in [4.69, 9.17) is 5.73 Å². The highest BCUT2D eigenvalue weighted by Gasteiger charge is 2.23. The standard InChI is InChI=1S/C16H26N4O/c1-18(11-15-5-4-10-19(15)2)12-16(21)20(3)14-8-6-13(17)7-9-14/h6-9,15H,4-5,10-12,17H2,1-3H3. The van der Waals surface area contributed by atoms with Gasteiger partial charge in [-0.25, -0.2) is 0 Å². The van der Waals surface area contributed by atoms with E-state index >= 15 is 0 Å². The first-order valence-corrected chi connectivity index (χ1v) is 7.48. The van der Waals surface area contributed by atoms with Gasteiger partial charge in [-0.05, 0) is 57.7 Å². The predicted octanol–water partition coefficient (Wildman–Crippen LogP) is 1.26. The van der Waals surface area contributed by atoms with Crippen molar-refractivity contribution in [3.63, 3.8) is 0 Å². The number of likely N-dealkylation sites (tertiary alicyclic amines) is 1. The summed E-state index contributed by atoms with van der Waals surface area (Å²) in [5.74, 6) is 0.0999. The lowest BCUT2D eigenvalue weighted by molar-refractivity contribution is -0.119. The lowest BCUT2D eigenvalue weighted by Crippen LogP contribution is -2.42. The molecule has 0 aromatic heterocycles. The fourth-order valence-corrected chi connectivity index (χ4v) is 2.81. The van der Waals surface area contributed by atoms with E-state index in [9.17, 15) is 4.79 Å². The average molecular weight is 290 g/mol. The summed E-state index contributed by atoms with van der Waals surface area (Å²) >= 11 is 0. The number of nitrogens with two attached hydrogens (primary N) is 1. The van der Waals surface area contributed by atoms with Gasteiger partial charge in [-0.3, -0.25) is 9.69 Å². The van der Waals surface area contributed by atoms with Crippen LogP contribution < -0.4 is 10.6 Å². The van der Waals surface area contributed by atoms with Gasteiger partial charge in [-0.1, -0.05) is 0 Å². The summed E-state index contributed by atoms with van der Waals surface area (Å²) in [5.41, 5.74) is 7.26. The number of nitrogen functional groups attached to an aromatic ring is 1. The molecule has 116 valence electrons. The smallest absolute Gasteiger partial charge is 0.240 e. The zero-order valence-electron chi connectivity index (χ0n) is 13.2. The van der Waals surface area contributed by atoms with Gasteiger partial charge >= 0.3 is 0 Å². The Bertz CT molecular complexity index is 474. The number of nitrogens with zero attached hydrogens (tertiary/aromatic N) is 3. The second-order valence-electron chi connectivity index (χ2n) is 6.02. The molecule has 1 aromatic rings. The van der Waals surface area contributed by atoms with Crippen molar-refractivity contribution >= 4 is 17.3 Å². The molecular formula is C16H26N4O. The van der Waals surface area contributed by atoms with Crippen molar-refractivity contribution < 1.29 is 4.79 Å². The van der Waals surface area contributed by atoms with Crippen LogP contribution in [-0.2, 0) is 4.79 Å². The van der Waals surface area contributed by atoms with Crippen LogP contribution in [0.5, 0.6) is 0 Å². The first-order chi connectivity index (χ1) is 9.97. The van der Waals surface area contributed by atoms with Crippen molar-refractivity contribution in [2.24, 2.45) is 0 Å². The third kappa shape index (κ3) is 4.19. The molecule has 0 radical (unpaired) electrons. The van der Waals surface area contributed by atoms with E-state index in [0.717, 1.165) is 18.8 Å². The summed E-state index contributed by atoms with van der Waals surface area (Å²) in [6.07, 6.45) is 2.48. The van der Waals surface area contributed by atoms with Crippen LogP contribution in [0.25, 0.3) is 0 Å². The maximum atomic E-state index is 12.3. The average Bonchev–Trinajstić information content (AvgIpc) is 2.84. The summed E-state index contributed by atoms with van der Waals surface area (Å²) < 4.78 is 0. The Balaban J connectivity index is 1.86. The van der Waals surface area contributed by atoms with Crippen LogP contribution in [0.15, 0.2) is 24.3 Å². The zero-order chi connectivity index (χ0) is 15.4. The van der Waals surface area contributed by atoms with Crippen molar-refractivity contribution in [3.05, 3.63) is 24.3 Å². The maximum Gasteiger partial charge on any atom is 0.240 e. The van der Waals surface area contributed by atoms with Crippen molar-refractivity contribution in [1.29, 1.82) is 0 Å². The fraction of sp³-hybridized carbons (Fsp3) is 0.562. The van der Waals surface area contributed by atoms with Gasteiger partial charge in [0.05, 0.1) is 6.54 Å².